The van der Waals surface area contributed by atoms with Gasteiger partial charge in [-0.05, 0) is 41.7 Å². The highest BCUT2D eigenvalue weighted by Gasteiger charge is 2.34. The van der Waals surface area contributed by atoms with Crippen LogP contribution in [0.2, 0.25) is 0 Å². The largest absolute Gasteiger partial charge is 0.458 e. The molecule has 0 aromatic carbocycles. The molecule has 0 atom stereocenters. The highest BCUT2D eigenvalue weighted by Crippen LogP contribution is 2.14. The molecule has 5 nitrogen and oxygen atoms in total. The minimum Gasteiger partial charge on any atom is -0.458 e. The van der Waals surface area contributed by atoms with E-state index in [1.54, 1.807) is 46.6 Å². The third kappa shape index (κ3) is 7.69. The van der Waals surface area contributed by atoms with Gasteiger partial charge in [0.1, 0.15) is 11.1 Å². The van der Waals surface area contributed by atoms with E-state index in [0.717, 1.165) is 0 Å². The van der Waals surface area contributed by atoms with Crippen LogP contribution >= 0.6 is 25.3 Å². The minimum absolute atomic E-state index is 0.101. The molecule has 0 aliphatic heterocycles. The summed E-state index contributed by atoms with van der Waals surface area (Å²) in [6.07, 6.45) is 0. The van der Waals surface area contributed by atoms with E-state index < -0.39 is 17.1 Å². The lowest BCUT2D eigenvalue weighted by Gasteiger charge is -2.30. The quantitative estimate of drug-likeness (QED) is 0.407. The zero-order chi connectivity index (χ0) is 15.4. The second-order valence-corrected chi connectivity index (χ2v) is 7.32. The molecular formula is C12H24N2O3S2. The van der Waals surface area contributed by atoms with Crippen LogP contribution < -0.4 is 5.32 Å². The first-order valence-corrected chi connectivity index (χ1v) is 6.99. The van der Waals surface area contributed by atoms with Crippen LogP contribution in [0.4, 0.5) is 0 Å². The van der Waals surface area contributed by atoms with Gasteiger partial charge in [-0.15, -0.1) is 25.3 Å². The Bertz CT molecular complexity index is 338. The van der Waals surface area contributed by atoms with Crippen molar-refractivity contribution < 1.29 is 14.3 Å². The average molecular weight is 308 g/mol. The molecule has 7 heteroatoms. The lowest BCUT2D eigenvalue weighted by Crippen LogP contribution is -2.54. The normalized spacial score (nSPS) is 12.7. The van der Waals surface area contributed by atoms with Crippen LogP contribution in [0.1, 0.15) is 34.6 Å². The summed E-state index contributed by atoms with van der Waals surface area (Å²) in [4.78, 5) is 25.4. The van der Waals surface area contributed by atoms with E-state index in [0.29, 0.717) is 0 Å². The summed E-state index contributed by atoms with van der Waals surface area (Å²) in [5.41, 5.74) is -1.66. The molecule has 0 aliphatic carbocycles. The third-order valence-electron chi connectivity index (χ3n) is 2.15. The van der Waals surface area contributed by atoms with E-state index in [9.17, 15) is 9.59 Å². The van der Waals surface area contributed by atoms with Gasteiger partial charge in [0, 0.05) is 0 Å². The fourth-order valence-corrected chi connectivity index (χ4v) is 1.32. The summed E-state index contributed by atoms with van der Waals surface area (Å²) < 4.78 is 4.92. The number of nitrogens with zero attached hydrogens (tertiary/aromatic N) is 1. The second kappa shape index (κ2) is 6.85. The topological polar surface area (TPSA) is 58.6 Å². The molecular weight excluding hydrogens is 284 g/mol. The molecule has 0 fully saturated rings. The summed E-state index contributed by atoms with van der Waals surface area (Å²) in [6.45, 7) is 8.66. The van der Waals surface area contributed by atoms with E-state index in [1.165, 1.54) is 0 Å². The van der Waals surface area contributed by atoms with Crippen molar-refractivity contribution in [2.75, 3.05) is 13.6 Å². The summed E-state index contributed by atoms with van der Waals surface area (Å²) >= 11 is 8.19. The zero-order valence-electron chi connectivity index (χ0n) is 12.4. The van der Waals surface area contributed by atoms with Crippen molar-refractivity contribution in [2.24, 2.45) is 0 Å². The molecule has 0 aromatic rings. The van der Waals surface area contributed by atoms with Crippen molar-refractivity contribution in [3.63, 3.8) is 0 Å². The number of thiol groups is 2. The van der Waals surface area contributed by atoms with Crippen LogP contribution in [0, 0.1) is 0 Å². The van der Waals surface area contributed by atoms with E-state index >= 15 is 0 Å². The van der Waals surface area contributed by atoms with Crippen molar-refractivity contribution in [3.05, 3.63) is 0 Å². The van der Waals surface area contributed by atoms with Gasteiger partial charge in [-0.2, -0.15) is 0 Å². The average Bonchev–Trinajstić information content (AvgIpc) is 2.13. The Morgan fingerprint density at radius 3 is 2.05 bits per heavy atom. The first-order chi connectivity index (χ1) is 8.35. The number of likely N-dealkylation sites (N-methyl/N-ethyl adjacent to an activating group) is 1. The summed E-state index contributed by atoms with van der Waals surface area (Å²) in [5, 5.41) is 2.64. The summed E-state index contributed by atoms with van der Waals surface area (Å²) in [7, 11) is 1.71. The number of rotatable bonds is 5. The molecule has 1 amide bonds. The maximum absolute atomic E-state index is 12.0. The van der Waals surface area contributed by atoms with Crippen LogP contribution in [-0.4, -0.2) is 46.2 Å². The molecule has 0 bridgehead atoms. The Morgan fingerprint density at radius 1 is 1.21 bits per heavy atom. The molecule has 0 spiro atoms. The highest BCUT2D eigenvalue weighted by molar-refractivity contribution is 7.99. The number of amides is 1. The summed E-state index contributed by atoms with van der Waals surface area (Å²) in [6, 6.07) is 0. The smallest absolute Gasteiger partial charge is 0.331 e. The number of hydrogen-bond donors (Lipinski definition) is 3. The molecule has 19 heavy (non-hydrogen) atoms. The fraction of sp³-hybridized carbons (Fsp3) is 0.833. The maximum Gasteiger partial charge on any atom is 0.331 e. The molecule has 0 saturated carbocycles. The molecule has 0 aliphatic rings. The van der Waals surface area contributed by atoms with Crippen LogP contribution in [-0.2, 0) is 14.3 Å². The van der Waals surface area contributed by atoms with Gasteiger partial charge in [0.05, 0.1) is 11.3 Å². The van der Waals surface area contributed by atoms with Crippen molar-refractivity contribution in [2.45, 2.75) is 50.5 Å². The Kier molecular flexibility index (Phi) is 6.71. The van der Waals surface area contributed by atoms with Gasteiger partial charge in [0.15, 0.2) is 0 Å². The van der Waals surface area contributed by atoms with E-state index in [1.807, 2.05) is 0 Å². The van der Waals surface area contributed by atoms with Gasteiger partial charge in [0.25, 0.3) is 0 Å². The predicted octanol–water partition coefficient (Wildman–Crippen LogP) is 1.30. The van der Waals surface area contributed by atoms with Gasteiger partial charge in [-0.3, -0.25) is 9.69 Å². The monoisotopic (exact) mass is 308 g/mol. The molecule has 0 heterocycles. The fourth-order valence-electron chi connectivity index (χ4n) is 1.15. The van der Waals surface area contributed by atoms with E-state index in [4.69, 9.17) is 4.74 Å². The van der Waals surface area contributed by atoms with Gasteiger partial charge >= 0.3 is 5.97 Å². The Morgan fingerprint density at radius 2 is 1.68 bits per heavy atom. The molecule has 0 rings (SSSR count). The summed E-state index contributed by atoms with van der Waals surface area (Å²) in [5.74, 6) is -0.754. The van der Waals surface area contributed by atoms with Crippen molar-refractivity contribution in [1.29, 1.82) is 0 Å². The van der Waals surface area contributed by atoms with Crippen LogP contribution in [0.5, 0.6) is 0 Å². The highest BCUT2D eigenvalue weighted by atomic mass is 32.2. The molecule has 0 saturated heterocycles. The third-order valence-corrected chi connectivity index (χ3v) is 2.94. The van der Waals surface area contributed by atoms with Gasteiger partial charge in [0.2, 0.25) is 5.91 Å². The van der Waals surface area contributed by atoms with Gasteiger partial charge in [-0.25, -0.2) is 4.79 Å². The lowest BCUT2D eigenvalue weighted by molar-refractivity contribution is -0.163. The molecule has 112 valence electrons. The van der Waals surface area contributed by atoms with E-state index in [-0.39, 0.29) is 17.2 Å². The number of ether oxygens (including phenoxy) is 1. The van der Waals surface area contributed by atoms with Crippen molar-refractivity contribution >= 4 is 37.1 Å². The van der Waals surface area contributed by atoms with Gasteiger partial charge in [-0.1, -0.05) is 0 Å². The Balaban J connectivity index is 4.51. The molecule has 0 aromatic heterocycles. The number of carbonyl (C=O) groups is 2. The first kappa shape index (κ1) is 18.6. The maximum atomic E-state index is 12.0. The van der Waals surface area contributed by atoms with E-state index in [2.05, 4.69) is 30.6 Å². The standard InChI is InChI=1S/C12H24N2O3S2/c1-11(2,3)17-9(16)12(4,5)13-8(15)7-14(6)10(18)19/h10,18-19H,7H2,1-6H3,(H,13,15). The predicted molar refractivity (Wildman–Crippen MR) is 82.5 cm³/mol. The second-order valence-electron chi connectivity index (χ2n) is 5.94. The number of carbonyl (C=O) groups excluding carboxylic acids is 2. The molecule has 1 N–H and O–H groups in total. The van der Waals surface area contributed by atoms with Crippen LogP contribution in [0.25, 0.3) is 0 Å². The lowest BCUT2D eigenvalue weighted by atomic mass is 10.1. The number of hydrogen-bond acceptors (Lipinski definition) is 6. The Hall–Kier alpha value is -0.400. The molecule has 0 radical (unpaired) electrons. The SMILES string of the molecule is CN(CC(=O)NC(C)(C)C(=O)OC(C)(C)C)C(S)S. The van der Waals surface area contributed by atoms with Gasteiger partial charge < -0.3 is 10.1 Å². The first-order valence-electron chi connectivity index (χ1n) is 5.96. The van der Waals surface area contributed by atoms with Crippen LogP contribution in [0.3, 0.4) is 0 Å². The number of nitrogens with one attached hydrogen (secondary N) is 1. The zero-order valence-corrected chi connectivity index (χ0v) is 14.1. The number of esters is 1. The van der Waals surface area contributed by atoms with Crippen molar-refractivity contribution in [3.8, 4) is 0 Å². The Labute approximate surface area is 126 Å². The van der Waals surface area contributed by atoms with Crippen molar-refractivity contribution in [1.82, 2.24) is 10.2 Å². The molecule has 0 unspecified atom stereocenters. The minimum atomic E-state index is -1.08. The van der Waals surface area contributed by atoms with Crippen LogP contribution in [0.15, 0.2) is 0 Å².